The predicted octanol–water partition coefficient (Wildman–Crippen LogP) is 3.17. The second-order valence-electron chi connectivity index (χ2n) is 3.52. The van der Waals surface area contributed by atoms with Crippen molar-refractivity contribution in [3.8, 4) is 0 Å². The molecule has 1 aromatic rings. The van der Waals surface area contributed by atoms with Gasteiger partial charge in [0, 0.05) is 5.69 Å². The first kappa shape index (κ1) is 13.0. The van der Waals surface area contributed by atoms with E-state index in [0.29, 0.717) is 16.6 Å². The predicted molar refractivity (Wildman–Crippen MR) is 64.2 cm³/mol. The number of carboxylic acids is 1. The molecule has 0 aromatic heterocycles. The zero-order chi connectivity index (χ0) is 12.3. The fraction of sp³-hybridized carbons (Fsp3) is 0.364. The summed E-state index contributed by atoms with van der Waals surface area (Å²) in [5.41, 5.74) is 1.31. The maximum Gasteiger partial charge on any atom is 0.326 e. The highest BCUT2D eigenvalue weighted by atomic mass is 79.9. The van der Waals surface area contributed by atoms with Gasteiger partial charge >= 0.3 is 5.97 Å². The highest BCUT2D eigenvalue weighted by molar-refractivity contribution is 9.10. The van der Waals surface area contributed by atoms with Crippen molar-refractivity contribution >= 4 is 27.6 Å². The molecule has 0 saturated heterocycles. The molecule has 0 fully saturated rings. The molecule has 0 aliphatic heterocycles. The molecule has 0 spiro atoms. The SMILES string of the molecule is CCC(Nc1cc(F)c(Br)cc1C)C(=O)O. The van der Waals surface area contributed by atoms with Gasteiger partial charge in [-0.1, -0.05) is 6.92 Å². The molecular formula is C11H13BrFNO2. The molecule has 1 rings (SSSR count). The molecule has 88 valence electrons. The third kappa shape index (κ3) is 2.95. The summed E-state index contributed by atoms with van der Waals surface area (Å²) in [6.45, 7) is 3.55. The zero-order valence-electron chi connectivity index (χ0n) is 9.05. The van der Waals surface area contributed by atoms with Crippen LogP contribution in [0.3, 0.4) is 0 Å². The molecule has 1 atom stereocenters. The van der Waals surface area contributed by atoms with Gasteiger partial charge in [0.25, 0.3) is 0 Å². The van der Waals surface area contributed by atoms with E-state index in [2.05, 4.69) is 21.2 Å². The van der Waals surface area contributed by atoms with Crippen LogP contribution in [0.25, 0.3) is 0 Å². The second kappa shape index (κ2) is 5.30. The molecule has 5 heteroatoms. The lowest BCUT2D eigenvalue weighted by molar-refractivity contribution is -0.137. The zero-order valence-corrected chi connectivity index (χ0v) is 10.6. The van der Waals surface area contributed by atoms with E-state index >= 15 is 0 Å². The minimum absolute atomic E-state index is 0.374. The summed E-state index contributed by atoms with van der Waals surface area (Å²) in [5, 5.41) is 11.7. The number of hydrogen-bond acceptors (Lipinski definition) is 2. The van der Waals surface area contributed by atoms with Crippen molar-refractivity contribution in [2.24, 2.45) is 0 Å². The molecule has 0 aliphatic rings. The molecule has 2 N–H and O–H groups in total. The number of benzene rings is 1. The summed E-state index contributed by atoms with van der Waals surface area (Å²) in [7, 11) is 0. The molecular weight excluding hydrogens is 277 g/mol. The monoisotopic (exact) mass is 289 g/mol. The van der Waals surface area contributed by atoms with E-state index in [9.17, 15) is 9.18 Å². The Morgan fingerprint density at radius 1 is 1.62 bits per heavy atom. The second-order valence-corrected chi connectivity index (χ2v) is 4.38. The van der Waals surface area contributed by atoms with Crippen LogP contribution >= 0.6 is 15.9 Å². The van der Waals surface area contributed by atoms with Crippen LogP contribution in [-0.4, -0.2) is 17.1 Å². The molecule has 16 heavy (non-hydrogen) atoms. The number of rotatable bonds is 4. The van der Waals surface area contributed by atoms with Crippen molar-refractivity contribution in [3.05, 3.63) is 28.0 Å². The van der Waals surface area contributed by atoms with Gasteiger partial charge in [0.1, 0.15) is 11.9 Å². The number of aliphatic carboxylic acids is 1. The Kier molecular flexibility index (Phi) is 4.29. The summed E-state index contributed by atoms with van der Waals surface area (Å²) in [4.78, 5) is 10.8. The number of nitrogens with one attached hydrogen (secondary N) is 1. The largest absolute Gasteiger partial charge is 0.480 e. The average Bonchev–Trinajstić information content (AvgIpc) is 2.21. The number of aryl methyl sites for hydroxylation is 1. The lowest BCUT2D eigenvalue weighted by Crippen LogP contribution is -2.28. The van der Waals surface area contributed by atoms with E-state index in [-0.39, 0.29) is 0 Å². The molecule has 0 radical (unpaired) electrons. The van der Waals surface area contributed by atoms with Gasteiger partial charge in [-0.05, 0) is 47.0 Å². The lowest BCUT2D eigenvalue weighted by Gasteiger charge is -2.16. The molecule has 0 bridgehead atoms. The van der Waals surface area contributed by atoms with Crippen LogP contribution in [0.15, 0.2) is 16.6 Å². The summed E-state index contributed by atoms with van der Waals surface area (Å²) >= 11 is 3.07. The molecule has 0 aliphatic carbocycles. The van der Waals surface area contributed by atoms with Crippen molar-refractivity contribution in [1.82, 2.24) is 0 Å². The van der Waals surface area contributed by atoms with Crippen LogP contribution in [0.4, 0.5) is 10.1 Å². The third-order valence-corrected chi connectivity index (χ3v) is 2.91. The summed E-state index contributed by atoms with van der Waals surface area (Å²) in [6, 6.07) is 2.22. The van der Waals surface area contributed by atoms with Crippen LogP contribution in [0.1, 0.15) is 18.9 Å². The van der Waals surface area contributed by atoms with Gasteiger partial charge in [0.2, 0.25) is 0 Å². The van der Waals surface area contributed by atoms with Crippen LogP contribution in [-0.2, 0) is 4.79 Å². The number of carbonyl (C=O) groups is 1. The van der Waals surface area contributed by atoms with Crippen LogP contribution in [0, 0.1) is 12.7 Å². The maximum atomic E-state index is 13.3. The minimum Gasteiger partial charge on any atom is -0.480 e. The first-order valence-electron chi connectivity index (χ1n) is 4.90. The van der Waals surface area contributed by atoms with Crippen molar-refractivity contribution in [2.75, 3.05) is 5.32 Å². The van der Waals surface area contributed by atoms with Gasteiger partial charge in [-0.25, -0.2) is 9.18 Å². The Morgan fingerprint density at radius 3 is 2.75 bits per heavy atom. The standard InChI is InChI=1S/C11H13BrFNO2/c1-3-9(11(15)16)14-10-5-8(13)7(12)4-6(10)2/h4-5,9,14H,3H2,1-2H3,(H,15,16). The van der Waals surface area contributed by atoms with Crippen molar-refractivity contribution < 1.29 is 14.3 Å². The summed E-state index contributed by atoms with van der Waals surface area (Å²) < 4.78 is 13.7. The normalized spacial score (nSPS) is 12.2. The molecule has 1 aromatic carbocycles. The smallest absolute Gasteiger partial charge is 0.326 e. The molecule has 0 saturated carbocycles. The summed E-state index contributed by atoms with van der Waals surface area (Å²) in [5.74, 6) is -1.35. The van der Waals surface area contributed by atoms with E-state index in [1.54, 1.807) is 19.9 Å². The van der Waals surface area contributed by atoms with Gasteiger partial charge in [0.15, 0.2) is 0 Å². The van der Waals surface area contributed by atoms with Gasteiger partial charge in [-0.3, -0.25) is 0 Å². The number of hydrogen-bond donors (Lipinski definition) is 2. The van der Waals surface area contributed by atoms with E-state index in [1.807, 2.05) is 0 Å². The average molecular weight is 290 g/mol. The fourth-order valence-corrected chi connectivity index (χ4v) is 1.79. The topological polar surface area (TPSA) is 49.3 Å². The van der Waals surface area contributed by atoms with E-state index < -0.39 is 17.8 Å². The number of anilines is 1. The fourth-order valence-electron chi connectivity index (χ4n) is 1.33. The van der Waals surface area contributed by atoms with Crippen LogP contribution in [0.2, 0.25) is 0 Å². The van der Waals surface area contributed by atoms with Crippen molar-refractivity contribution in [2.45, 2.75) is 26.3 Å². The molecule has 0 amide bonds. The van der Waals surface area contributed by atoms with Gasteiger partial charge in [-0.2, -0.15) is 0 Å². The van der Waals surface area contributed by atoms with Gasteiger partial charge in [0.05, 0.1) is 4.47 Å². The van der Waals surface area contributed by atoms with E-state index in [0.717, 1.165) is 5.56 Å². The molecule has 1 unspecified atom stereocenters. The Morgan fingerprint density at radius 2 is 2.25 bits per heavy atom. The first-order chi connectivity index (χ1) is 7.45. The van der Waals surface area contributed by atoms with E-state index in [1.165, 1.54) is 6.07 Å². The highest BCUT2D eigenvalue weighted by Gasteiger charge is 2.16. The Balaban J connectivity index is 2.96. The number of halogens is 2. The van der Waals surface area contributed by atoms with Crippen molar-refractivity contribution in [1.29, 1.82) is 0 Å². The summed E-state index contributed by atoms with van der Waals surface area (Å²) in [6.07, 6.45) is 0.437. The van der Waals surface area contributed by atoms with Gasteiger partial charge < -0.3 is 10.4 Å². The maximum absolute atomic E-state index is 13.3. The van der Waals surface area contributed by atoms with Crippen LogP contribution in [0.5, 0.6) is 0 Å². The number of carboxylic acid groups (broad SMARTS) is 1. The van der Waals surface area contributed by atoms with Gasteiger partial charge in [-0.15, -0.1) is 0 Å². The highest BCUT2D eigenvalue weighted by Crippen LogP contribution is 2.24. The minimum atomic E-state index is -0.940. The third-order valence-electron chi connectivity index (χ3n) is 2.30. The molecule has 3 nitrogen and oxygen atoms in total. The quantitative estimate of drug-likeness (QED) is 0.895. The molecule has 0 heterocycles. The Bertz CT molecular complexity index is 409. The van der Waals surface area contributed by atoms with Crippen molar-refractivity contribution in [3.63, 3.8) is 0 Å². The lowest BCUT2D eigenvalue weighted by atomic mass is 10.1. The van der Waals surface area contributed by atoms with Crippen LogP contribution < -0.4 is 5.32 Å². The van der Waals surface area contributed by atoms with E-state index in [4.69, 9.17) is 5.11 Å². The first-order valence-corrected chi connectivity index (χ1v) is 5.70. The Hall–Kier alpha value is -1.10. The Labute approximate surface area is 102 Å².